The van der Waals surface area contributed by atoms with E-state index in [-0.39, 0.29) is 18.7 Å². The van der Waals surface area contributed by atoms with Crippen LogP contribution in [0.25, 0.3) is 0 Å². The number of carbonyl (C=O) groups is 2. The van der Waals surface area contributed by atoms with E-state index in [4.69, 9.17) is 14.6 Å². The van der Waals surface area contributed by atoms with E-state index in [9.17, 15) is 9.59 Å². The zero-order chi connectivity index (χ0) is 15.7. The Hall–Kier alpha value is -1.34. The van der Waals surface area contributed by atoms with Crippen molar-refractivity contribution in [3.05, 3.63) is 0 Å². The fourth-order valence-electron chi connectivity index (χ4n) is 2.08. The van der Waals surface area contributed by atoms with Crippen LogP contribution < -0.4 is 5.32 Å². The van der Waals surface area contributed by atoms with Gasteiger partial charge in [-0.15, -0.1) is 0 Å². The molecule has 0 bridgehead atoms. The minimum atomic E-state index is -0.962. The van der Waals surface area contributed by atoms with Gasteiger partial charge in [0.05, 0.1) is 12.7 Å². The van der Waals surface area contributed by atoms with Crippen LogP contribution in [-0.2, 0) is 14.3 Å². The summed E-state index contributed by atoms with van der Waals surface area (Å²) in [5, 5.41) is 11.4. The molecule has 1 aliphatic rings. The minimum Gasteiger partial charge on any atom is -0.480 e. The molecule has 7 heteroatoms. The first-order valence-corrected chi connectivity index (χ1v) is 7.43. The highest BCUT2D eigenvalue weighted by Gasteiger charge is 2.23. The molecule has 0 aliphatic carbocycles. The summed E-state index contributed by atoms with van der Waals surface area (Å²) in [6, 6.07) is -0.0974. The number of ether oxygens (including phenoxy) is 2. The molecule has 0 aromatic heterocycles. The van der Waals surface area contributed by atoms with E-state index in [1.165, 1.54) is 0 Å². The summed E-state index contributed by atoms with van der Waals surface area (Å²) in [5.74, 6) is -0.470. The molecule has 0 unspecified atom stereocenters. The first kappa shape index (κ1) is 17.7. The minimum absolute atomic E-state index is 0.0699. The molecule has 0 spiro atoms. The molecular formula is C14H26N2O5. The third-order valence-electron chi connectivity index (χ3n) is 3.15. The molecule has 0 aromatic carbocycles. The summed E-state index contributed by atoms with van der Waals surface area (Å²) in [7, 11) is 0. The van der Waals surface area contributed by atoms with E-state index in [0.29, 0.717) is 51.6 Å². The van der Waals surface area contributed by atoms with Crippen molar-refractivity contribution >= 4 is 12.0 Å². The van der Waals surface area contributed by atoms with Crippen molar-refractivity contribution in [3.63, 3.8) is 0 Å². The maximum Gasteiger partial charge on any atom is 0.329 e. The molecule has 1 rings (SSSR count). The van der Waals surface area contributed by atoms with Crippen LogP contribution >= 0.6 is 0 Å². The molecule has 1 heterocycles. The number of hydrogen-bond acceptors (Lipinski definition) is 4. The molecule has 7 nitrogen and oxygen atoms in total. The number of nitrogens with zero attached hydrogens (tertiary/aromatic N) is 1. The summed E-state index contributed by atoms with van der Waals surface area (Å²) in [6.45, 7) is 6.77. The molecule has 2 amide bonds. The van der Waals surface area contributed by atoms with Gasteiger partial charge in [-0.2, -0.15) is 0 Å². The normalized spacial score (nSPS) is 16.2. The number of carboxylic acids is 1. The van der Waals surface area contributed by atoms with Crippen LogP contribution in [0.4, 0.5) is 4.79 Å². The Bertz CT molecular complexity index is 327. The molecule has 0 saturated carbocycles. The standard InChI is InChI=1S/C14H26N2O5/c1-11(2)9-20-8-5-15-14(19)16-6-3-12(4-7-16)21-10-13(17)18/h11-12H,3-10H2,1-2H3,(H,15,19)(H,17,18). The monoisotopic (exact) mass is 302 g/mol. The molecule has 0 atom stereocenters. The van der Waals surface area contributed by atoms with E-state index < -0.39 is 5.97 Å². The van der Waals surface area contributed by atoms with Gasteiger partial charge >= 0.3 is 12.0 Å². The quantitative estimate of drug-likeness (QED) is 0.651. The number of amides is 2. The van der Waals surface area contributed by atoms with Crippen LogP contribution in [0.2, 0.25) is 0 Å². The van der Waals surface area contributed by atoms with Crippen molar-refractivity contribution in [2.75, 3.05) is 39.5 Å². The molecule has 1 fully saturated rings. The number of aliphatic carboxylic acids is 1. The van der Waals surface area contributed by atoms with Crippen LogP contribution in [0, 0.1) is 5.92 Å². The lowest BCUT2D eigenvalue weighted by Crippen LogP contribution is -2.46. The molecule has 0 radical (unpaired) electrons. The second-order valence-electron chi connectivity index (χ2n) is 5.59. The van der Waals surface area contributed by atoms with E-state index >= 15 is 0 Å². The van der Waals surface area contributed by atoms with Crippen LogP contribution in [0.15, 0.2) is 0 Å². The molecule has 2 N–H and O–H groups in total. The van der Waals surface area contributed by atoms with Gasteiger partial charge in [-0.1, -0.05) is 13.8 Å². The Morgan fingerprint density at radius 1 is 1.33 bits per heavy atom. The number of nitrogens with one attached hydrogen (secondary N) is 1. The second kappa shape index (κ2) is 9.57. The van der Waals surface area contributed by atoms with Crippen LogP contribution in [0.5, 0.6) is 0 Å². The largest absolute Gasteiger partial charge is 0.480 e. The first-order valence-electron chi connectivity index (χ1n) is 7.43. The lowest BCUT2D eigenvalue weighted by Gasteiger charge is -2.31. The highest BCUT2D eigenvalue weighted by molar-refractivity contribution is 5.74. The maximum atomic E-state index is 11.9. The van der Waals surface area contributed by atoms with Gasteiger partial charge in [0.2, 0.25) is 0 Å². The summed E-state index contributed by atoms with van der Waals surface area (Å²) in [4.78, 5) is 24.0. The first-order chi connectivity index (χ1) is 9.99. The zero-order valence-corrected chi connectivity index (χ0v) is 12.8. The highest BCUT2D eigenvalue weighted by atomic mass is 16.5. The molecule has 1 aliphatic heterocycles. The van der Waals surface area contributed by atoms with E-state index in [1.54, 1.807) is 4.90 Å². The van der Waals surface area contributed by atoms with Gasteiger partial charge in [-0.05, 0) is 18.8 Å². The summed E-state index contributed by atoms with van der Waals surface area (Å²) in [6.07, 6.45) is 1.27. The highest BCUT2D eigenvalue weighted by Crippen LogP contribution is 2.13. The average Bonchev–Trinajstić information content (AvgIpc) is 2.44. The van der Waals surface area contributed by atoms with Gasteiger partial charge in [0.25, 0.3) is 0 Å². The predicted molar refractivity (Wildman–Crippen MR) is 77.2 cm³/mol. The van der Waals surface area contributed by atoms with E-state index in [0.717, 1.165) is 0 Å². The van der Waals surface area contributed by atoms with Crippen molar-refractivity contribution in [2.24, 2.45) is 5.92 Å². The number of likely N-dealkylation sites (tertiary alicyclic amines) is 1. The lowest BCUT2D eigenvalue weighted by atomic mass is 10.1. The van der Waals surface area contributed by atoms with Crippen LogP contribution in [0.1, 0.15) is 26.7 Å². The van der Waals surface area contributed by atoms with Crippen LogP contribution in [0.3, 0.4) is 0 Å². The van der Waals surface area contributed by atoms with Crippen LogP contribution in [-0.4, -0.2) is 67.6 Å². The smallest absolute Gasteiger partial charge is 0.329 e. The van der Waals surface area contributed by atoms with Gasteiger partial charge in [-0.25, -0.2) is 9.59 Å². The van der Waals surface area contributed by atoms with Crippen molar-refractivity contribution in [3.8, 4) is 0 Å². The Labute approximate surface area is 125 Å². The Balaban J connectivity index is 2.10. The number of rotatable bonds is 8. The topological polar surface area (TPSA) is 88.1 Å². The lowest BCUT2D eigenvalue weighted by molar-refractivity contribution is -0.145. The summed E-state index contributed by atoms with van der Waals surface area (Å²) in [5.41, 5.74) is 0. The number of carboxylic acid groups (broad SMARTS) is 1. The number of urea groups is 1. The van der Waals surface area contributed by atoms with Gasteiger partial charge in [-0.3, -0.25) is 0 Å². The number of carbonyl (C=O) groups excluding carboxylic acids is 1. The number of piperidine rings is 1. The number of hydrogen-bond donors (Lipinski definition) is 2. The average molecular weight is 302 g/mol. The Kier molecular flexibility index (Phi) is 8.07. The fourth-order valence-corrected chi connectivity index (χ4v) is 2.08. The van der Waals surface area contributed by atoms with Crippen molar-refractivity contribution < 1.29 is 24.2 Å². The predicted octanol–water partition coefficient (Wildman–Crippen LogP) is 0.934. The second-order valence-corrected chi connectivity index (χ2v) is 5.59. The van der Waals surface area contributed by atoms with Gasteiger partial charge in [0.1, 0.15) is 6.61 Å². The van der Waals surface area contributed by atoms with Crippen molar-refractivity contribution in [1.29, 1.82) is 0 Å². The molecule has 122 valence electrons. The van der Waals surface area contributed by atoms with Gasteiger partial charge < -0.3 is 24.8 Å². The SMILES string of the molecule is CC(C)COCCNC(=O)N1CCC(OCC(=O)O)CC1. The third-order valence-corrected chi connectivity index (χ3v) is 3.15. The molecule has 0 aromatic rings. The van der Waals surface area contributed by atoms with E-state index in [1.807, 2.05) is 0 Å². The van der Waals surface area contributed by atoms with Gasteiger partial charge in [0.15, 0.2) is 0 Å². The summed E-state index contributed by atoms with van der Waals surface area (Å²) < 4.78 is 10.6. The Morgan fingerprint density at radius 3 is 2.57 bits per heavy atom. The molecular weight excluding hydrogens is 276 g/mol. The van der Waals surface area contributed by atoms with E-state index in [2.05, 4.69) is 19.2 Å². The molecule has 21 heavy (non-hydrogen) atoms. The fraction of sp³-hybridized carbons (Fsp3) is 0.857. The maximum absolute atomic E-state index is 11.9. The Morgan fingerprint density at radius 2 is 2.00 bits per heavy atom. The zero-order valence-electron chi connectivity index (χ0n) is 12.8. The third kappa shape index (κ3) is 7.87. The van der Waals surface area contributed by atoms with Crippen molar-refractivity contribution in [2.45, 2.75) is 32.8 Å². The van der Waals surface area contributed by atoms with Gasteiger partial charge in [0, 0.05) is 26.2 Å². The van der Waals surface area contributed by atoms with Crippen molar-refractivity contribution in [1.82, 2.24) is 10.2 Å². The molecule has 1 saturated heterocycles. The summed E-state index contributed by atoms with van der Waals surface area (Å²) >= 11 is 0.